The van der Waals surface area contributed by atoms with Gasteiger partial charge in [0.25, 0.3) is 0 Å². The first-order chi connectivity index (χ1) is 18.6. The van der Waals surface area contributed by atoms with Crippen LogP contribution in [0.25, 0.3) is 16.6 Å². The van der Waals surface area contributed by atoms with Crippen molar-refractivity contribution in [2.24, 2.45) is 0 Å². The van der Waals surface area contributed by atoms with Gasteiger partial charge in [-0.1, -0.05) is 6.07 Å². The summed E-state index contributed by atoms with van der Waals surface area (Å²) in [6.07, 6.45) is 5.42. The second-order valence-electron chi connectivity index (χ2n) is 9.26. The Hall–Kier alpha value is -4.45. The number of ether oxygens (including phenoxy) is 1. The van der Waals surface area contributed by atoms with Crippen LogP contribution in [0.3, 0.4) is 0 Å². The van der Waals surface area contributed by atoms with E-state index in [-0.39, 0.29) is 23.7 Å². The van der Waals surface area contributed by atoms with Crippen LogP contribution in [0.15, 0.2) is 71.8 Å². The monoisotopic (exact) mass is 552 g/mol. The average molecular weight is 553 g/mol. The second kappa shape index (κ2) is 10.4. The molecule has 2 aromatic carbocycles. The molecule has 12 heteroatoms. The van der Waals surface area contributed by atoms with Crippen molar-refractivity contribution < 1.29 is 27.4 Å². The van der Waals surface area contributed by atoms with Gasteiger partial charge < -0.3 is 19.3 Å². The Labute approximate surface area is 223 Å². The van der Waals surface area contributed by atoms with Gasteiger partial charge in [0.2, 0.25) is 21.3 Å². The molecule has 5 rings (SSSR count). The molecule has 0 spiro atoms. The van der Waals surface area contributed by atoms with Gasteiger partial charge in [-0.25, -0.2) is 22.6 Å². The molecule has 0 radical (unpaired) electrons. The number of hydrogen-bond acceptors (Lipinski definition) is 7. The quantitative estimate of drug-likeness (QED) is 0.339. The molecule has 2 aromatic heterocycles. The van der Waals surface area contributed by atoms with E-state index in [4.69, 9.17) is 4.74 Å². The highest BCUT2D eigenvalue weighted by atomic mass is 32.2. The number of benzene rings is 2. The fraction of sp³-hybridized carbons (Fsp3) is 0.222. The highest BCUT2D eigenvalue weighted by molar-refractivity contribution is 7.92. The van der Waals surface area contributed by atoms with Gasteiger partial charge >= 0.3 is 5.97 Å². The van der Waals surface area contributed by atoms with Crippen molar-refractivity contribution >= 4 is 38.3 Å². The molecule has 39 heavy (non-hydrogen) atoms. The first-order valence-electron chi connectivity index (χ1n) is 12.1. The van der Waals surface area contributed by atoms with Gasteiger partial charge in [-0.3, -0.25) is 9.52 Å². The Morgan fingerprint density at radius 1 is 1.21 bits per heavy atom. The third kappa shape index (κ3) is 5.55. The molecule has 1 aliphatic heterocycles. The lowest BCUT2D eigenvalue weighted by atomic mass is 10.1. The van der Waals surface area contributed by atoms with Crippen LogP contribution in [-0.4, -0.2) is 54.5 Å². The van der Waals surface area contributed by atoms with Crippen molar-refractivity contribution in [1.82, 2.24) is 9.55 Å². The maximum absolute atomic E-state index is 15.5. The van der Waals surface area contributed by atoms with Crippen LogP contribution in [0.5, 0.6) is 5.88 Å². The summed E-state index contributed by atoms with van der Waals surface area (Å²) in [6, 6.07) is 14.0. The number of fused-ring (bicyclic) bond motifs is 1. The third-order valence-corrected chi connectivity index (χ3v) is 7.11. The Balaban J connectivity index is 1.58. The highest BCUT2D eigenvalue weighted by Crippen LogP contribution is 2.32. The van der Waals surface area contributed by atoms with Crippen molar-refractivity contribution in [3.63, 3.8) is 0 Å². The van der Waals surface area contributed by atoms with E-state index in [1.54, 1.807) is 36.5 Å². The van der Waals surface area contributed by atoms with E-state index in [0.717, 1.165) is 25.2 Å². The summed E-state index contributed by atoms with van der Waals surface area (Å²) < 4.78 is 48.3. The standard InChI is InChI=1S/C27H25FN4O6S/c1-39(36,37)30-17-7-9-18(10-8-17)32-15-21(27(34)35)26(33)20-13-22(28)24(14-23(20)32)31-12-4-5-19(31)16-38-25-6-2-3-11-29-25/h2-3,6-11,13-15,19,30H,4-5,12,16H2,1H3,(H,34,35)/t19-/m1/s1. The summed E-state index contributed by atoms with van der Waals surface area (Å²) in [5.41, 5.74) is 0.0183. The molecule has 0 unspecified atom stereocenters. The molecule has 0 saturated carbocycles. The maximum Gasteiger partial charge on any atom is 0.341 e. The molecule has 3 heterocycles. The Kier molecular flexibility index (Phi) is 6.96. The Morgan fingerprint density at radius 3 is 2.64 bits per heavy atom. The molecule has 1 fully saturated rings. The summed E-state index contributed by atoms with van der Waals surface area (Å²) in [5.74, 6) is -1.62. The lowest BCUT2D eigenvalue weighted by molar-refractivity contribution is 0.0695. The third-order valence-electron chi connectivity index (χ3n) is 6.50. The van der Waals surface area contributed by atoms with Crippen LogP contribution >= 0.6 is 0 Å². The number of sulfonamides is 1. The second-order valence-corrected chi connectivity index (χ2v) is 11.0. The fourth-order valence-electron chi connectivity index (χ4n) is 4.76. The highest BCUT2D eigenvalue weighted by Gasteiger charge is 2.29. The van der Waals surface area contributed by atoms with E-state index < -0.39 is 32.8 Å². The number of carboxylic acids is 1. The minimum Gasteiger partial charge on any atom is -0.477 e. The minimum atomic E-state index is -3.50. The number of anilines is 2. The zero-order valence-corrected chi connectivity index (χ0v) is 21.7. The van der Waals surface area contributed by atoms with Crippen LogP contribution in [0, 0.1) is 5.82 Å². The van der Waals surface area contributed by atoms with Crippen molar-refractivity contribution in [3.8, 4) is 11.6 Å². The molecule has 202 valence electrons. The predicted molar refractivity (Wildman–Crippen MR) is 145 cm³/mol. The number of carboxylic acid groups (broad SMARTS) is 1. The van der Waals surface area contributed by atoms with Gasteiger partial charge in [-0.2, -0.15) is 0 Å². The number of aromatic carboxylic acids is 1. The van der Waals surface area contributed by atoms with Gasteiger partial charge in [0.05, 0.1) is 23.5 Å². The number of nitrogens with zero attached hydrogens (tertiary/aromatic N) is 3. The Morgan fingerprint density at radius 2 is 1.97 bits per heavy atom. The lowest BCUT2D eigenvalue weighted by Gasteiger charge is -2.27. The Bertz CT molecular complexity index is 1710. The number of nitrogens with one attached hydrogen (secondary N) is 1. The molecular weight excluding hydrogens is 527 g/mol. The number of pyridine rings is 2. The molecule has 1 atom stereocenters. The summed E-state index contributed by atoms with van der Waals surface area (Å²) in [7, 11) is -3.50. The molecule has 4 aromatic rings. The number of carbonyl (C=O) groups is 1. The van der Waals surface area contributed by atoms with Gasteiger partial charge in [-0.15, -0.1) is 0 Å². The molecule has 1 saturated heterocycles. The van der Waals surface area contributed by atoms with Crippen LogP contribution in [0.1, 0.15) is 23.2 Å². The molecule has 0 amide bonds. The van der Waals surface area contributed by atoms with Crippen LogP contribution in [0.4, 0.5) is 15.8 Å². The normalized spacial score (nSPS) is 15.4. The van der Waals surface area contributed by atoms with E-state index in [1.165, 1.54) is 22.9 Å². The van der Waals surface area contributed by atoms with Crippen molar-refractivity contribution in [1.29, 1.82) is 0 Å². The first-order valence-corrected chi connectivity index (χ1v) is 14.0. The molecule has 2 N–H and O–H groups in total. The summed E-state index contributed by atoms with van der Waals surface area (Å²) >= 11 is 0. The maximum atomic E-state index is 15.5. The molecule has 10 nitrogen and oxygen atoms in total. The summed E-state index contributed by atoms with van der Waals surface area (Å²) in [4.78, 5) is 30.9. The van der Waals surface area contributed by atoms with Crippen molar-refractivity contribution in [2.45, 2.75) is 18.9 Å². The zero-order chi connectivity index (χ0) is 27.7. The number of aromatic nitrogens is 2. The smallest absolute Gasteiger partial charge is 0.341 e. The largest absolute Gasteiger partial charge is 0.477 e. The molecule has 0 aliphatic carbocycles. The molecule has 0 bridgehead atoms. The van der Waals surface area contributed by atoms with Crippen LogP contribution in [-0.2, 0) is 10.0 Å². The van der Waals surface area contributed by atoms with E-state index in [9.17, 15) is 23.1 Å². The number of halogens is 1. The molecule has 1 aliphatic rings. The van der Waals surface area contributed by atoms with Gasteiger partial charge in [0.15, 0.2) is 0 Å². The van der Waals surface area contributed by atoms with Gasteiger partial charge in [-0.05, 0) is 55.3 Å². The van der Waals surface area contributed by atoms with Crippen LogP contribution in [0.2, 0.25) is 0 Å². The van der Waals surface area contributed by atoms with Crippen molar-refractivity contribution in [3.05, 3.63) is 88.6 Å². The van der Waals surface area contributed by atoms with Crippen LogP contribution < -0.4 is 19.8 Å². The summed E-state index contributed by atoms with van der Waals surface area (Å²) in [5, 5.41) is 9.55. The first kappa shape index (κ1) is 26.2. The van der Waals surface area contributed by atoms with E-state index >= 15 is 4.39 Å². The van der Waals surface area contributed by atoms with E-state index in [2.05, 4.69) is 9.71 Å². The SMILES string of the molecule is CS(=O)(=O)Nc1ccc(-n2cc(C(=O)O)c(=O)c3cc(F)c(N4CCC[C@@H]4COc4ccccn4)cc32)cc1. The fourth-order valence-corrected chi connectivity index (χ4v) is 5.33. The lowest BCUT2D eigenvalue weighted by Crippen LogP contribution is -2.35. The van der Waals surface area contributed by atoms with E-state index in [1.807, 2.05) is 11.0 Å². The predicted octanol–water partition coefficient (Wildman–Crippen LogP) is 3.64. The number of hydrogen-bond donors (Lipinski definition) is 2. The molecular formula is C27H25FN4O6S. The number of rotatable bonds is 8. The average Bonchev–Trinajstić information content (AvgIpc) is 3.36. The van der Waals surface area contributed by atoms with Crippen molar-refractivity contribution in [2.75, 3.05) is 29.0 Å². The van der Waals surface area contributed by atoms with Gasteiger partial charge in [0.1, 0.15) is 18.0 Å². The topological polar surface area (TPSA) is 131 Å². The van der Waals surface area contributed by atoms with Gasteiger partial charge in [0, 0.05) is 41.8 Å². The minimum absolute atomic E-state index is 0.0880. The summed E-state index contributed by atoms with van der Waals surface area (Å²) in [6.45, 7) is 0.857. The van der Waals surface area contributed by atoms with E-state index in [0.29, 0.717) is 29.3 Å². The zero-order valence-electron chi connectivity index (χ0n) is 20.9.